The third-order valence-corrected chi connectivity index (χ3v) is 2.58. The minimum absolute atomic E-state index is 0.125. The Labute approximate surface area is 94.0 Å². The first-order chi connectivity index (χ1) is 5.41. The SMILES string of the molecule is FC(F)(F)c1cc(I)ncc1I. The van der Waals surface area contributed by atoms with Gasteiger partial charge >= 0.3 is 6.18 Å². The zero-order valence-corrected chi connectivity index (χ0v) is 9.81. The van der Waals surface area contributed by atoms with Crippen LogP contribution in [0.15, 0.2) is 12.3 Å². The predicted molar refractivity (Wildman–Crippen MR) is 54.7 cm³/mol. The van der Waals surface area contributed by atoms with E-state index in [0.29, 0.717) is 3.70 Å². The zero-order chi connectivity index (χ0) is 9.35. The van der Waals surface area contributed by atoms with Crippen LogP contribution in [0, 0.1) is 7.27 Å². The normalized spacial score (nSPS) is 11.8. The maximum Gasteiger partial charge on any atom is 0.417 e. The fourth-order valence-corrected chi connectivity index (χ4v) is 1.68. The van der Waals surface area contributed by atoms with Crippen molar-refractivity contribution in [1.82, 2.24) is 4.98 Å². The van der Waals surface area contributed by atoms with Crippen molar-refractivity contribution in [2.45, 2.75) is 6.18 Å². The average Bonchev–Trinajstić information content (AvgIpc) is 1.92. The molecule has 6 heteroatoms. The van der Waals surface area contributed by atoms with Gasteiger partial charge in [-0.3, -0.25) is 0 Å². The largest absolute Gasteiger partial charge is 0.417 e. The first-order valence-corrected chi connectivity index (χ1v) is 4.95. The van der Waals surface area contributed by atoms with Crippen LogP contribution in [0.2, 0.25) is 0 Å². The molecule has 0 aliphatic heterocycles. The molecule has 0 bridgehead atoms. The summed E-state index contributed by atoms with van der Waals surface area (Å²) in [6.45, 7) is 0. The van der Waals surface area contributed by atoms with Gasteiger partial charge in [0.1, 0.15) is 3.70 Å². The Hall–Kier alpha value is 0.400. The van der Waals surface area contributed by atoms with Crippen molar-refractivity contribution in [3.05, 3.63) is 25.1 Å². The number of pyridine rings is 1. The number of hydrogen-bond acceptors (Lipinski definition) is 1. The molecule has 1 rings (SSSR count). The molecule has 0 aromatic carbocycles. The average molecular weight is 399 g/mol. The smallest absolute Gasteiger partial charge is 0.249 e. The van der Waals surface area contributed by atoms with Crippen LogP contribution in [0.3, 0.4) is 0 Å². The Balaban J connectivity index is 3.23. The van der Waals surface area contributed by atoms with Crippen LogP contribution in [0.25, 0.3) is 0 Å². The fraction of sp³-hybridized carbons (Fsp3) is 0.167. The van der Waals surface area contributed by atoms with Crippen molar-refractivity contribution in [2.24, 2.45) is 0 Å². The molecule has 12 heavy (non-hydrogen) atoms. The molecule has 0 fully saturated rings. The van der Waals surface area contributed by atoms with Crippen molar-refractivity contribution >= 4 is 45.2 Å². The van der Waals surface area contributed by atoms with Gasteiger partial charge in [0.25, 0.3) is 0 Å². The van der Waals surface area contributed by atoms with Crippen molar-refractivity contribution in [3.63, 3.8) is 0 Å². The predicted octanol–water partition coefficient (Wildman–Crippen LogP) is 3.31. The van der Waals surface area contributed by atoms with E-state index in [1.807, 2.05) is 0 Å². The van der Waals surface area contributed by atoms with Gasteiger partial charge in [-0.1, -0.05) is 0 Å². The lowest BCUT2D eigenvalue weighted by Gasteiger charge is -2.08. The quantitative estimate of drug-likeness (QED) is 0.482. The van der Waals surface area contributed by atoms with Crippen LogP contribution in [-0.4, -0.2) is 4.98 Å². The van der Waals surface area contributed by atoms with Gasteiger partial charge in [-0.05, 0) is 51.2 Å². The third kappa shape index (κ3) is 2.44. The van der Waals surface area contributed by atoms with Crippen molar-refractivity contribution in [2.75, 3.05) is 0 Å². The molecular formula is C6H2F3I2N. The summed E-state index contributed by atoms with van der Waals surface area (Å²) < 4.78 is 37.1. The van der Waals surface area contributed by atoms with Crippen LogP contribution in [-0.2, 0) is 6.18 Å². The lowest BCUT2D eigenvalue weighted by atomic mass is 10.3. The molecule has 0 atom stereocenters. The van der Waals surface area contributed by atoms with Gasteiger partial charge in [-0.15, -0.1) is 0 Å². The summed E-state index contributed by atoms with van der Waals surface area (Å²) in [7, 11) is 0. The number of halogens is 5. The van der Waals surface area contributed by atoms with E-state index in [4.69, 9.17) is 0 Å². The molecule has 0 saturated carbocycles. The number of hydrogen-bond donors (Lipinski definition) is 0. The molecule has 1 heterocycles. The Kier molecular flexibility index (Phi) is 3.18. The van der Waals surface area contributed by atoms with Crippen molar-refractivity contribution in [3.8, 4) is 0 Å². The van der Waals surface area contributed by atoms with Crippen LogP contribution in [0.4, 0.5) is 13.2 Å². The highest BCUT2D eigenvalue weighted by molar-refractivity contribution is 14.1. The number of aromatic nitrogens is 1. The van der Waals surface area contributed by atoms with E-state index in [1.54, 1.807) is 45.2 Å². The molecule has 0 aliphatic carbocycles. The fourth-order valence-electron chi connectivity index (χ4n) is 0.630. The van der Waals surface area contributed by atoms with Gasteiger partial charge in [-0.25, -0.2) is 4.98 Å². The topological polar surface area (TPSA) is 12.9 Å². The summed E-state index contributed by atoms with van der Waals surface area (Å²) in [6, 6.07) is 1.03. The highest BCUT2D eigenvalue weighted by Crippen LogP contribution is 2.32. The van der Waals surface area contributed by atoms with E-state index < -0.39 is 11.7 Å². The summed E-state index contributed by atoms with van der Waals surface area (Å²) in [4.78, 5) is 3.73. The molecule has 0 unspecified atom stereocenters. The second-order valence-corrected chi connectivity index (χ2v) is 4.25. The minimum atomic E-state index is -4.28. The third-order valence-electron chi connectivity index (χ3n) is 1.13. The van der Waals surface area contributed by atoms with E-state index >= 15 is 0 Å². The van der Waals surface area contributed by atoms with Gasteiger partial charge in [-0.2, -0.15) is 13.2 Å². The lowest BCUT2D eigenvalue weighted by Crippen LogP contribution is -2.08. The van der Waals surface area contributed by atoms with E-state index in [9.17, 15) is 13.2 Å². The van der Waals surface area contributed by atoms with E-state index in [1.165, 1.54) is 6.20 Å². The monoisotopic (exact) mass is 399 g/mol. The van der Waals surface area contributed by atoms with E-state index in [0.717, 1.165) is 6.07 Å². The van der Waals surface area contributed by atoms with Crippen molar-refractivity contribution < 1.29 is 13.2 Å². The van der Waals surface area contributed by atoms with Gasteiger partial charge in [0, 0.05) is 9.77 Å². The maximum atomic E-state index is 12.2. The lowest BCUT2D eigenvalue weighted by molar-refractivity contribution is -0.138. The Morgan fingerprint density at radius 1 is 1.25 bits per heavy atom. The molecule has 0 spiro atoms. The Morgan fingerprint density at radius 2 is 1.83 bits per heavy atom. The molecule has 1 nitrogen and oxygen atoms in total. The summed E-state index contributed by atoms with van der Waals surface area (Å²) in [6.07, 6.45) is -3.06. The first-order valence-electron chi connectivity index (χ1n) is 2.79. The van der Waals surface area contributed by atoms with Crippen molar-refractivity contribution in [1.29, 1.82) is 0 Å². The number of rotatable bonds is 0. The molecule has 1 aromatic rings. The van der Waals surface area contributed by atoms with Crippen LogP contribution < -0.4 is 0 Å². The van der Waals surface area contributed by atoms with E-state index in [-0.39, 0.29) is 3.57 Å². The molecule has 66 valence electrons. The second kappa shape index (κ2) is 3.64. The van der Waals surface area contributed by atoms with Crippen LogP contribution >= 0.6 is 45.2 Å². The van der Waals surface area contributed by atoms with Crippen LogP contribution in [0.5, 0.6) is 0 Å². The molecule has 0 aliphatic rings. The van der Waals surface area contributed by atoms with Gasteiger partial charge < -0.3 is 0 Å². The molecule has 0 N–H and O–H groups in total. The molecule has 1 aromatic heterocycles. The molecular weight excluding hydrogens is 397 g/mol. The highest BCUT2D eigenvalue weighted by Gasteiger charge is 2.33. The van der Waals surface area contributed by atoms with Crippen LogP contribution in [0.1, 0.15) is 5.56 Å². The summed E-state index contributed by atoms with van der Waals surface area (Å²) in [5, 5.41) is 0. The zero-order valence-electron chi connectivity index (χ0n) is 5.49. The first kappa shape index (κ1) is 10.5. The number of alkyl halides is 3. The molecule has 0 amide bonds. The molecule has 0 saturated heterocycles. The molecule has 0 radical (unpaired) electrons. The summed E-state index contributed by atoms with van der Waals surface area (Å²) in [5.74, 6) is 0. The van der Waals surface area contributed by atoms with Gasteiger partial charge in [0.15, 0.2) is 0 Å². The minimum Gasteiger partial charge on any atom is -0.249 e. The second-order valence-electron chi connectivity index (χ2n) is 1.98. The standard InChI is InChI=1S/C6H2F3I2N/c7-6(8,9)3-1-5(11)12-2-4(3)10/h1-2H. The summed E-state index contributed by atoms with van der Waals surface area (Å²) in [5.41, 5.74) is -0.623. The van der Waals surface area contributed by atoms with Gasteiger partial charge in [0.05, 0.1) is 5.56 Å². The Bertz CT molecular complexity index is 297. The van der Waals surface area contributed by atoms with E-state index in [2.05, 4.69) is 4.98 Å². The van der Waals surface area contributed by atoms with Gasteiger partial charge in [0.2, 0.25) is 0 Å². The summed E-state index contributed by atoms with van der Waals surface area (Å²) >= 11 is 3.36. The highest BCUT2D eigenvalue weighted by atomic mass is 127. The Morgan fingerprint density at radius 3 is 2.25 bits per heavy atom. The maximum absolute atomic E-state index is 12.2. The number of nitrogens with zero attached hydrogens (tertiary/aromatic N) is 1.